The second-order valence-corrected chi connectivity index (χ2v) is 8.50. The predicted octanol–water partition coefficient (Wildman–Crippen LogP) is 6.06. The molecule has 1 aromatic heterocycles. The predicted molar refractivity (Wildman–Crippen MR) is 120 cm³/mol. The van der Waals surface area contributed by atoms with E-state index in [0.717, 1.165) is 21.2 Å². The van der Waals surface area contributed by atoms with Gasteiger partial charge in [-0.2, -0.15) is 0 Å². The van der Waals surface area contributed by atoms with Crippen molar-refractivity contribution in [2.24, 2.45) is 0 Å². The number of amides is 1. The summed E-state index contributed by atoms with van der Waals surface area (Å²) >= 11 is 3.02. The van der Waals surface area contributed by atoms with Gasteiger partial charge in [-0.15, -0.1) is 22.0 Å². The number of anilines is 1. The van der Waals surface area contributed by atoms with Crippen molar-refractivity contribution in [2.75, 3.05) is 5.32 Å². The lowest BCUT2D eigenvalue weighted by atomic mass is 10.2. The highest BCUT2D eigenvalue weighted by Gasteiger charge is 2.15. The fourth-order valence-electron chi connectivity index (χ4n) is 2.77. The minimum atomic E-state index is -0.173. The first kappa shape index (κ1) is 19.4. The van der Waals surface area contributed by atoms with Crippen LogP contribution >= 0.6 is 23.1 Å². The number of hydrogen-bond donors (Lipinski definition) is 1. The summed E-state index contributed by atoms with van der Waals surface area (Å²) in [5, 5.41) is 12.5. The molecule has 0 atom stereocenters. The Kier molecular flexibility index (Phi) is 6.03. The van der Waals surface area contributed by atoms with Gasteiger partial charge in [0, 0.05) is 16.2 Å². The van der Waals surface area contributed by atoms with Gasteiger partial charge in [0.05, 0.1) is 5.56 Å². The molecule has 6 heteroatoms. The molecule has 0 aliphatic carbocycles. The Balaban J connectivity index is 1.47. The molecule has 144 valence electrons. The fourth-order valence-corrected chi connectivity index (χ4v) is 4.52. The van der Waals surface area contributed by atoms with Crippen LogP contribution in [0.2, 0.25) is 0 Å². The number of aromatic nitrogens is 2. The van der Waals surface area contributed by atoms with Crippen LogP contribution in [0.15, 0.2) is 83.8 Å². The number of hydrogen-bond acceptors (Lipinski definition) is 5. The maximum atomic E-state index is 12.9. The van der Waals surface area contributed by atoms with Gasteiger partial charge in [-0.1, -0.05) is 83.6 Å². The van der Waals surface area contributed by atoms with Gasteiger partial charge in [-0.25, -0.2) is 0 Å². The van der Waals surface area contributed by atoms with Crippen LogP contribution in [0.1, 0.15) is 21.5 Å². The first-order chi connectivity index (χ1) is 14.2. The van der Waals surface area contributed by atoms with Crippen LogP contribution in [0, 0.1) is 6.92 Å². The van der Waals surface area contributed by atoms with Gasteiger partial charge in [-0.05, 0) is 24.6 Å². The number of rotatable bonds is 6. The summed E-state index contributed by atoms with van der Waals surface area (Å²) in [6.45, 7) is 2.04. The molecule has 1 amide bonds. The Labute approximate surface area is 178 Å². The van der Waals surface area contributed by atoms with Gasteiger partial charge in [0.1, 0.15) is 5.01 Å². The van der Waals surface area contributed by atoms with E-state index in [0.29, 0.717) is 10.7 Å². The Morgan fingerprint density at radius 2 is 1.66 bits per heavy atom. The smallest absolute Gasteiger partial charge is 0.258 e. The second kappa shape index (κ2) is 9.03. The van der Waals surface area contributed by atoms with Gasteiger partial charge in [-0.3, -0.25) is 10.1 Å². The molecular weight excluding hydrogens is 398 g/mol. The van der Waals surface area contributed by atoms with E-state index < -0.39 is 0 Å². The van der Waals surface area contributed by atoms with E-state index in [4.69, 9.17) is 0 Å². The van der Waals surface area contributed by atoms with Crippen molar-refractivity contribution < 1.29 is 4.79 Å². The molecule has 0 fully saturated rings. The van der Waals surface area contributed by atoms with E-state index >= 15 is 0 Å². The van der Waals surface area contributed by atoms with Crippen LogP contribution in [-0.4, -0.2) is 16.1 Å². The maximum absolute atomic E-state index is 12.9. The van der Waals surface area contributed by atoms with Crippen molar-refractivity contribution in [3.05, 3.63) is 95.6 Å². The normalized spacial score (nSPS) is 10.7. The molecule has 0 aliphatic heterocycles. The molecule has 29 heavy (non-hydrogen) atoms. The van der Waals surface area contributed by atoms with Gasteiger partial charge in [0.15, 0.2) is 0 Å². The third-order valence-corrected chi connectivity index (χ3v) is 6.35. The number of aryl methyl sites for hydroxylation is 1. The summed E-state index contributed by atoms with van der Waals surface area (Å²) < 4.78 is 0. The van der Waals surface area contributed by atoms with Gasteiger partial charge in [0.25, 0.3) is 5.91 Å². The molecule has 0 bridgehead atoms. The van der Waals surface area contributed by atoms with Crippen molar-refractivity contribution >= 4 is 34.1 Å². The SMILES string of the molecule is Cc1ccc(-c2nnc(NC(=O)c3ccccc3SCc3ccccc3)s2)cc1. The Morgan fingerprint density at radius 1 is 0.931 bits per heavy atom. The maximum Gasteiger partial charge on any atom is 0.258 e. The third-order valence-electron chi connectivity index (χ3n) is 4.31. The minimum Gasteiger partial charge on any atom is -0.296 e. The summed E-state index contributed by atoms with van der Waals surface area (Å²) in [4.78, 5) is 13.8. The topological polar surface area (TPSA) is 54.9 Å². The number of carbonyl (C=O) groups excluding carboxylic acids is 1. The minimum absolute atomic E-state index is 0.173. The summed E-state index contributed by atoms with van der Waals surface area (Å²) in [6.07, 6.45) is 0. The van der Waals surface area contributed by atoms with Crippen molar-refractivity contribution in [1.82, 2.24) is 10.2 Å². The molecule has 4 aromatic rings. The average Bonchev–Trinajstić information content (AvgIpc) is 3.22. The molecule has 0 unspecified atom stereocenters. The zero-order chi connectivity index (χ0) is 20.1. The third kappa shape index (κ3) is 4.91. The molecule has 1 heterocycles. The molecule has 4 nitrogen and oxygen atoms in total. The van der Waals surface area contributed by atoms with E-state index in [-0.39, 0.29) is 5.91 Å². The number of nitrogens with one attached hydrogen (secondary N) is 1. The first-order valence-corrected chi connectivity index (χ1v) is 11.0. The van der Waals surface area contributed by atoms with Crippen molar-refractivity contribution in [3.63, 3.8) is 0 Å². The largest absolute Gasteiger partial charge is 0.296 e. The lowest BCUT2D eigenvalue weighted by Gasteiger charge is -2.08. The number of nitrogens with zero attached hydrogens (tertiary/aromatic N) is 2. The van der Waals surface area contributed by atoms with Crippen LogP contribution in [0.3, 0.4) is 0 Å². The standard InChI is InChI=1S/C23H19N3OS2/c1-16-11-13-18(14-12-16)22-25-26-23(29-22)24-21(27)19-9-5-6-10-20(19)28-15-17-7-3-2-4-8-17/h2-14H,15H2,1H3,(H,24,26,27). The van der Waals surface area contributed by atoms with Crippen LogP contribution in [0.25, 0.3) is 10.6 Å². The molecule has 0 spiro atoms. The van der Waals surface area contributed by atoms with E-state index in [1.807, 2.05) is 73.7 Å². The molecule has 0 radical (unpaired) electrons. The summed E-state index contributed by atoms with van der Waals surface area (Å²) in [7, 11) is 0. The number of thioether (sulfide) groups is 1. The molecule has 1 N–H and O–H groups in total. The highest BCUT2D eigenvalue weighted by molar-refractivity contribution is 7.98. The van der Waals surface area contributed by atoms with Crippen LogP contribution in [0.5, 0.6) is 0 Å². The quantitative estimate of drug-likeness (QED) is 0.388. The van der Waals surface area contributed by atoms with E-state index in [2.05, 4.69) is 27.6 Å². The van der Waals surface area contributed by atoms with Crippen LogP contribution in [0.4, 0.5) is 5.13 Å². The van der Waals surface area contributed by atoms with E-state index in [9.17, 15) is 4.79 Å². The Bertz CT molecular complexity index is 1110. The van der Waals surface area contributed by atoms with Crippen molar-refractivity contribution in [2.45, 2.75) is 17.6 Å². The summed E-state index contributed by atoms with van der Waals surface area (Å²) in [6, 6.07) is 26.0. The lowest BCUT2D eigenvalue weighted by Crippen LogP contribution is -2.12. The molecule has 0 saturated carbocycles. The molecular formula is C23H19N3OS2. The average molecular weight is 418 g/mol. The van der Waals surface area contributed by atoms with E-state index in [1.54, 1.807) is 11.8 Å². The van der Waals surface area contributed by atoms with Crippen LogP contribution < -0.4 is 5.32 Å². The Hall–Kier alpha value is -2.96. The zero-order valence-electron chi connectivity index (χ0n) is 15.8. The number of benzene rings is 3. The fraction of sp³-hybridized carbons (Fsp3) is 0.0870. The van der Waals surface area contributed by atoms with E-state index in [1.165, 1.54) is 22.5 Å². The summed E-state index contributed by atoms with van der Waals surface area (Å²) in [5.41, 5.74) is 4.05. The van der Waals surface area contributed by atoms with Crippen molar-refractivity contribution in [1.29, 1.82) is 0 Å². The van der Waals surface area contributed by atoms with Gasteiger partial charge in [0.2, 0.25) is 5.13 Å². The van der Waals surface area contributed by atoms with Gasteiger partial charge >= 0.3 is 0 Å². The lowest BCUT2D eigenvalue weighted by molar-refractivity contribution is 0.102. The molecule has 4 rings (SSSR count). The molecule has 0 saturated heterocycles. The monoisotopic (exact) mass is 417 g/mol. The first-order valence-electron chi connectivity index (χ1n) is 9.17. The van der Waals surface area contributed by atoms with Crippen molar-refractivity contribution in [3.8, 4) is 10.6 Å². The van der Waals surface area contributed by atoms with Crippen LogP contribution in [-0.2, 0) is 5.75 Å². The molecule has 3 aromatic carbocycles. The highest BCUT2D eigenvalue weighted by Crippen LogP contribution is 2.29. The molecule has 0 aliphatic rings. The Morgan fingerprint density at radius 3 is 2.45 bits per heavy atom. The second-order valence-electron chi connectivity index (χ2n) is 6.50. The highest BCUT2D eigenvalue weighted by atomic mass is 32.2. The number of carbonyl (C=O) groups is 1. The summed E-state index contributed by atoms with van der Waals surface area (Å²) in [5.74, 6) is 0.634. The zero-order valence-corrected chi connectivity index (χ0v) is 17.5. The van der Waals surface area contributed by atoms with Gasteiger partial charge < -0.3 is 0 Å².